The predicted octanol–water partition coefficient (Wildman–Crippen LogP) is 2.94. The van der Waals surface area contributed by atoms with Crippen LogP contribution in [0, 0.1) is 5.92 Å². The first-order valence-electron chi connectivity index (χ1n) is 8.09. The number of piperidine rings is 3. The Bertz CT molecular complexity index is 723. The zero-order valence-corrected chi connectivity index (χ0v) is 13.8. The van der Waals surface area contributed by atoms with E-state index in [1.807, 2.05) is 0 Å². The second kappa shape index (κ2) is 6.45. The summed E-state index contributed by atoms with van der Waals surface area (Å²) < 4.78 is 10.4. The van der Waals surface area contributed by atoms with Crippen molar-refractivity contribution < 1.29 is 13.9 Å². The standard InChI is InChI=1S/C17H18ClN3O3/c18-15-10-23-17(20-15)24-13-3-1-12(2-4-13)16(22)19-14-9-21-7-5-11(14)6-8-21/h1-4,10-11,14H,5-9H2,(H,19,22). The highest BCUT2D eigenvalue weighted by atomic mass is 35.5. The van der Waals surface area contributed by atoms with Gasteiger partial charge in [-0.3, -0.25) is 4.79 Å². The zero-order chi connectivity index (χ0) is 16.5. The van der Waals surface area contributed by atoms with Crippen molar-refractivity contribution in [2.45, 2.75) is 18.9 Å². The minimum atomic E-state index is -0.0422. The molecule has 0 spiro atoms. The zero-order valence-electron chi connectivity index (χ0n) is 13.1. The molecule has 24 heavy (non-hydrogen) atoms. The van der Waals surface area contributed by atoms with E-state index in [0.717, 1.165) is 19.6 Å². The Balaban J connectivity index is 1.38. The third-order valence-corrected chi connectivity index (χ3v) is 4.92. The first-order chi connectivity index (χ1) is 11.7. The molecular weight excluding hydrogens is 330 g/mol. The molecule has 0 aliphatic carbocycles. The topological polar surface area (TPSA) is 67.6 Å². The minimum absolute atomic E-state index is 0.0422. The van der Waals surface area contributed by atoms with Crippen LogP contribution in [-0.2, 0) is 0 Å². The van der Waals surface area contributed by atoms with Crippen molar-refractivity contribution in [2.24, 2.45) is 5.92 Å². The van der Waals surface area contributed by atoms with Gasteiger partial charge < -0.3 is 19.4 Å². The number of carbonyl (C=O) groups excluding carboxylic acids is 1. The van der Waals surface area contributed by atoms with Crippen LogP contribution in [0.3, 0.4) is 0 Å². The van der Waals surface area contributed by atoms with Gasteiger partial charge in [0.25, 0.3) is 5.91 Å². The molecule has 3 saturated heterocycles. The summed E-state index contributed by atoms with van der Waals surface area (Å²) in [4.78, 5) is 18.7. The molecule has 1 N–H and O–H groups in total. The summed E-state index contributed by atoms with van der Waals surface area (Å²) in [5.41, 5.74) is 0.615. The van der Waals surface area contributed by atoms with Crippen molar-refractivity contribution in [3.63, 3.8) is 0 Å². The molecule has 1 amide bonds. The second-order valence-corrected chi connectivity index (χ2v) is 6.67. The molecule has 4 heterocycles. The van der Waals surface area contributed by atoms with Crippen molar-refractivity contribution in [1.29, 1.82) is 0 Å². The second-order valence-electron chi connectivity index (χ2n) is 6.28. The van der Waals surface area contributed by atoms with Crippen LogP contribution in [0.15, 0.2) is 34.9 Å². The fraction of sp³-hybridized carbons (Fsp3) is 0.412. The lowest BCUT2D eigenvalue weighted by atomic mass is 9.84. The summed E-state index contributed by atoms with van der Waals surface area (Å²) in [5.74, 6) is 1.10. The molecule has 3 aliphatic heterocycles. The van der Waals surface area contributed by atoms with E-state index in [-0.39, 0.29) is 23.2 Å². The molecule has 5 rings (SSSR count). The Morgan fingerprint density at radius 2 is 2.04 bits per heavy atom. The number of benzene rings is 1. The minimum Gasteiger partial charge on any atom is -0.416 e. The Morgan fingerprint density at radius 3 is 2.62 bits per heavy atom. The van der Waals surface area contributed by atoms with Crippen molar-refractivity contribution in [3.05, 3.63) is 41.2 Å². The fourth-order valence-corrected chi connectivity index (χ4v) is 3.55. The Labute approximate surface area is 144 Å². The van der Waals surface area contributed by atoms with Crippen LogP contribution >= 0.6 is 11.6 Å². The van der Waals surface area contributed by atoms with Gasteiger partial charge in [-0.25, -0.2) is 0 Å². The maximum atomic E-state index is 12.4. The van der Waals surface area contributed by atoms with Gasteiger partial charge in [0, 0.05) is 18.2 Å². The highest BCUT2D eigenvalue weighted by molar-refractivity contribution is 6.29. The van der Waals surface area contributed by atoms with Gasteiger partial charge in [0.15, 0.2) is 5.15 Å². The maximum absolute atomic E-state index is 12.4. The number of halogens is 1. The van der Waals surface area contributed by atoms with E-state index in [2.05, 4.69) is 15.2 Å². The molecule has 126 valence electrons. The first kappa shape index (κ1) is 15.5. The summed E-state index contributed by atoms with van der Waals surface area (Å²) in [6, 6.07) is 7.14. The number of amides is 1. The van der Waals surface area contributed by atoms with Crippen molar-refractivity contribution in [1.82, 2.24) is 15.2 Å². The number of hydrogen-bond acceptors (Lipinski definition) is 5. The number of ether oxygens (including phenoxy) is 1. The molecule has 2 aromatic rings. The molecule has 1 unspecified atom stereocenters. The van der Waals surface area contributed by atoms with E-state index in [1.165, 1.54) is 19.1 Å². The van der Waals surface area contributed by atoms with Crippen molar-refractivity contribution in [2.75, 3.05) is 19.6 Å². The molecule has 0 saturated carbocycles. The fourth-order valence-electron chi connectivity index (χ4n) is 3.44. The van der Waals surface area contributed by atoms with Gasteiger partial charge in [-0.15, -0.1) is 0 Å². The average Bonchev–Trinajstić information content (AvgIpc) is 3.01. The van der Waals surface area contributed by atoms with Gasteiger partial charge in [0.1, 0.15) is 12.0 Å². The van der Waals surface area contributed by atoms with E-state index in [9.17, 15) is 4.79 Å². The van der Waals surface area contributed by atoms with E-state index >= 15 is 0 Å². The van der Waals surface area contributed by atoms with E-state index in [4.69, 9.17) is 20.8 Å². The molecule has 1 atom stereocenters. The van der Waals surface area contributed by atoms with Gasteiger partial charge in [-0.2, -0.15) is 4.98 Å². The summed E-state index contributed by atoms with van der Waals surface area (Å²) in [7, 11) is 0. The molecule has 7 heteroatoms. The number of nitrogens with zero attached hydrogens (tertiary/aromatic N) is 2. The molecule has 1 aromatic carbocycles. The normalized spacial score (nSPS) is 25.5. The SMILES string of the molecule is O=C(NC1CN2CCC1CC2)c1ccc(Oc2nc(Cl)co2)cc1. The lowest BCUT2D eigenvalue weighted by molar-refractivity contribution is 0.0620. The number of fused-ring (bicyclic) bond motifs is 3. The maximum Gasteiger partial charge on any atom is 0.400 e. The molecule has 3 fully saturated rings. The molecule has 6 nitrogen and oxygen atoms in total. The largest absolute Gasteiger partial charge is 0.416 e. The Morgan fingerprint density at radius 1 is 1.29 bits per heavy atom. The summed E-state index contributed by atoms with van der Waals surface area (Å²) >= 11 is 5.67. The predicted molar refractivity (Wildman–Crippen MR) is 88.4 cm³/mol. The quantitative estimate of drug-likeness (QED) is 0.921. The molecule has 3 aliphatic rings. The number of nitrogens with one attached hydrogen (secondary N) is 1. The smallest absolute Gasteiger partial charge is 0.400 e. The molecular formula is C17H18ClN3O3. The molecule has 1 aromatic heterocycles. The van der Waals surface area contributed by atoms with E-state index in [1.54, 1.807) is 24.3 Å². The number of rotatable bonds is 4. The van der Waals surface area contributed by atoms with E-state index < -0.39 is 0 Å². The number of aromatic nitrogens is 1. The van der Waals surface area contributed by atoms with Gasteiger partial charge in [0.2, 0.25) is 0 Å². The van der Waals surface area contributed by atoms with Crippen LogP contribution in [0.25, 0.3) is 0 Å². The van der Waals surface area contributed by atoms with Gasteiger partial charge in [-0.05, 0) is 56.1 Å². The number of hydrogen-bond donors (Lipinski definition) is 1. The Hall–Kier alpha value is -2.05. The monoisotopic (exact) mass is 347 g/mol. The van der Waals surface area contributed by atoms with Crippen LogP contribution in [0.4, 0.5) is 0 Å². The third-order valence-electron chi connectivity index (χ3n) is 4.75. The number of carbonyl (C=O) groups is 1. The number of oxazole rings is 1. The summed E-state index contributed by atoms with van der Waals surface area (Å²) in [6.45, 7) is 3.28. The summed E-state index contributed by atoms with van der Waals surface area (Å²) in [6.07, 6.45) is 3.73. The Kier molecular flexibility index (Phi) is 4.16. The van der Waals surface area contributed by atoms with Crippen molar-refractivity contribution in [3.8, 4) is 11.8 Å². The van der Waals surface area contributed by atoms with Crippen molar-refractivity contribution >= 4 is 17.5 Å². The first-order valence-corrected chi connectivity index (χ1v) is 8.47. The third kappa shape index (κ3) is 3.25. The lowest BCUT2D eigenvalue weighted by Gasteiger charge is -2.44. The summed E-state index contributed by atoms with van der Waals surface area (Å²) in [5, 5.41) is 3.40. The molecule has 2 bridgehead atoms. The van der Waals surface area contributed by atoms with Gasteiger partial charge in [0.05, 0.1) is 0 Å². The highest BCUT2D eigenvalue weighted by Gasteiger charge is 2.34. The van der Waals surface area contributed by atoms with Gasteiger partial charge >= 0.3 is 6.08 Å². The highest BCUT2D eigenvalue weighted by Crippen LogP contribution is 2.28. The molecule has 0 radical (unpaired) electrons. The average molecular weight is 348 g/mol. The van der Waals surface area contributed by atoms with Gasteiger partial charge in [-0.1, -0.05) is 11.6 Å². The van der Waals surface area contributed by atoms with Crippen LogP contribution < -0.4 is 10.1 Å². The lowest BCUT2D eigenvalue weighted by Crippen LogP contribution is -2.57. The van der Waals surface area contributed by atoms with Crippen LogP contribution in [0.2, 0.25) is 5.15 Å². The van der Waals surface area contributed by atoms with E-state index in [0.29, 0.717) is 17.2 Å². The van der Waals surface area contributed by atoms with Crippen LogP contribution in [-0.4, -0.2) is 41.5 Å². The van der Waals surface area contributed by atoms with Crippen LogP contribution in [0.1, 0.15) is 23.2 Å². The van der Waals surface area contributed by atoms with Crippen LogP contribution in [0.5, 0.6) is 11.8 Å².